The zero-order chi connectivity index (χ0) is 22.1. The summed E-state index contributed by atoms with van der Waals surface area (Å²) in [6.07, 6.45) is 1.84. The van der Waals surface area contributed by atoms with E-state index in [1.807, 2.05) is 34.9 Å². The Balaban J connectivity index is 1.73. The molecular weight excluding hydrogens is 406 g/mol. The molecule has 1 aliphatic rings. The lowest BCUT2D eigenvalue weighted by molar-refractivity contribution is 0.0982. The molecule has 0 aliphatic carbocycles. The molecule has 0 spiro atoms. The maximum absolute atomic E-state index is 12.9. The van der Waals surface area contributed by atoms with Gasteiger partial charge in [-0.1, -0.05) is 30.3 Å². The number of aromatic amines is 1. The molecule has 4 aromatic rings. The highest BCUT2D eigenvalue weighted by atomic mass is 16.5. The van der Waals surface area contributed by atoms with Crippen LogP contribution in [0.25, 0.3) is 22.6 Å². The fourth-order valence-electron chi connectivity index (χ4n) is 4.17. The average molecular weight is 427 g/mol. The third-order valence-corrected chi connectivity index (χ3v) is 5.75. The van der Waals surface area contributed by atoms with Gasteiger partial charge in [-0.25, -0.2) is 9.78 Å². The number of aromatic nitrogens is 4. The van der Waals surface area contributed by atoms with Gasteiger partial charge in [0.1, 0.15) is 5.82 Å². The van der Waals surface area contributed by atoms with E-state index in [2.05, 4.69) is 11.1 Å². The van der Waals surface area contributed by atoms with Crippen molar-refractivity contribution in [2.24, 2.45) is 0 Å². The van der Waals surface area contributed by atoms with Gasteiger partial charge in [0.15, 0.2) is 11.2 Å². The molecular formula is C24H21N5O3. The minimum atomic E-state index is -0.500. The molecule has 0 radical (unpaired) electrons. The number of hydrogen-bond acceptors (Lipinski definition) is 5. The first-order valence-corrected chi connectivity index (χ1v) is 10.5. The SMILES string of the molecule is N#Cc1ccc(-c2nc3c(c(=O)[nH]c(=O)n3Cc3ccccc3)n2C[C@@H]2CCCO2)cc1. The molecule has 2 aromatic heterocycles. The lowest BCUT2D eigenvalue weighted by Gasteiger charge is -2.14. The summed E-state index contributed by atoms with van der Waals surface area (Å²) in [4.78, 5) is 32.9. The van der Waals surface area contributed by atoms with Gasteiger partial charge in [0.2, 0.25) is 0 Å². The third-order valence-electron chi connectivity index (χ3n) is 5.75. The number of H-pyrrole nitrogens is 1. The fourth-order valence-corrected chi connectivity index (χ4v) is 4.17. The van der Waals surface area contributed by atoms with Gasteiger partial charge in [-0.2, -0.15) is 5.26 Å². The van der Waals surface area contributed by atoms with Crippen LogP contribution < -0.4 is 11.2 Å². The van der Waals surface area contributed by atoms with Crippen LogP contribution in [0.2, 0.25) is 0 Å². The van der Waals surface area contributed by atoms with E-state index >= 15 is 0 Å². The van der Waals surface area contributed by atoms with Gasteiger partial charge in [-0.05, 0) is 42.7 Å². The first-order valence-electron chi connectivity index (χ1n) is 10.5. The van der Waals surface area contributed by atoms with Gasteiger partial charge in [0, 0.05) is 12.2 Å². The number of hydrogen-bond donors (Lipinski definition) is 1. The molecule has 0 saturated carbocycles. The van der Waals surface area contributed by atoms with Crippen molar-refractivity contribution in [1.29, 1.82) is 5.26 Å². The molecule has 0 amide bonds. The topological polar surface area (TPSA) is 106 Å². The molecule has 1 aliphatic heterocycles. The number of imidazole rings is 1. The highest BCUT2D eigenvalue weighted by Crippen LogP contribution is 2.26. The average Bonchev–Trinajstić information content (AvgIpc) is 3.46. The normalized spacial score (nSPS) is 15.8. The van der Waals surface area contributed by atoms with Gasteiger partial charge in [0.05, 0.1) is 30.8 Å². The number of nitrogens with one attached hydrogen (secondary N) is 1. The second-order valence-electron chi connectivity index (χ2n) is 7.87. The zero-order valence-electron chi connectivity index (χ0n) is 17.3. The zero-order valence-corrected chi connectivity index (χ0v) is 17.3. The van der Waals surface area contributed by atoms with E-state index in [4.69, 9.17) is 15.0 Å². The van der Waals surface area contributed by atoms with Crippen molar-refractivity contribution in [3.8, 4) is 17.5 Å². The van der Waals surface area contributed by atoms with E-state index in [0.717, 1.165) is 24.0 Å². The quantitative estimate of drug-likeness (QED) is 0.527. The molecule has 5 rings (SSSR count). The van der Waals surface area contributed by atoms with Crippen molar-refractivity contribution in [2.45, 2.75) is 32.0 Å². The van der Waals surface area contributed by atoms with Gasteiger partial charge < -0.3 is 9.30 Å². The molecule has 2 aromatic carbocycles. The monoisotopic (exact) mass is 427 g/mol. The number of ether oxygens (including phenoxy) is 1. The Morgan fingerprint density at radius 2 is 1.88 bits per heavy atom. The summed E-state index contributed by atoms with van der Waals surface area (Å²) >= 11 is 0. The fraction of sp³-hybridized carbons (Fsp3) is 0.250. The molecule has 1 saturated heterocycles. The Labute approximate surface area is 183 Å². The molecule has 3 heterocycles. The van der Waals surface area contributed by atoms with Crippen LogP contribution in [0.5, 0.6) is 0 Å². The van der Waals surface area contributed by atoms with Crippen molar-refractivity contribution in [3.63, 3.8) is 0 Å². The van der Waals surface area contributed by atoms with Crippen molar-refractivity contribution in [3.05, 3.63) is 86.6 Å². The van der Waals surface area contributed by atoms with Crippen LogP contribution in [0.4, 0.5) is 0 Å². The summed E-state index contributed by atoms with van der Waals surface area (Å²) < 4.78 is 9.15. The van der Waals surface area contributed by atoms with Crippen LogP contribution in [0, 0.1) is 11.3 Å². The Kier molecular flexibility index (Phi) is 5.17. The van der Waals surface area contributed by atoms with E-state index < -0.39 is 11.2 Å². The maximum Gasteiger partial charge on any atom is 0.330 e. The van der Waals surface area contributed by atoms with Crippen LogP contribution in [-0.4, -0.2) is 31.8 Å². The van der Waals surface area contributed by atoms with Crippen LogP contribution in [0.1, 0.15) is 24.0 Å². The predicted octanol–water partition coefficient (Wildman–Crippen LogP) is 2.65. The molecule has 8 heteroatoms. The molecule has 1 N–H and O–H groups in total. The standard InChI is InChI=1S/C24H21N5O3/c25-13-16-8-10-18(11-9-16)21-26-22-20(28(21)15-19-7-4-12-32-19)23(30)27-24(31)29(22)14-17-5-2-1-3-6-17/h1-3,5-6,8-11,19H,4,7,12,14-15H2,(H,27,30,31)/t19-/m0/s1. The Morgan fingerprint density at radius 1 is 1.09 bits per heavy atom. The Bertz CT molecular complexity index is 1420. The number of nitrogens with zero attached hydrogens (tertiary/aromatic N) is 4. The first kappa shape index (κ1) is 20.0. The lowest BCUT2D eigenvalue weighted by atomic mass is 10.1. The number of nitriles is 1. The van der Waals surface area contributed by atoms with Crippen molar-refractivity contribution >= 4 is 11.2 Å². The van der Waals surface area contributed by atoms with E-state index in [-0.39, 0.29) is 12.6 Å². The first-order chi connectivity index (χ1) is 15.6. The van der Waals surface area contributed by atoms with Gasteiger partial charge in [0.25, 0.3) is 5.56 Å². The minimum absolute atomic E-state index is 0.0292. The summed E-state index contributed by atoms with van der Waals surface area (Å²) in [5.41, 5.74) is 1.93. The highest BCUT2D eigenvalue weighted by molar-refractivity contribution is 5.77. The summed E-state index contributed by atoms with van der Waals surface area (Å²) in [5.74, 6) is 0.568. The van der Waals surface area contributed by atoms with Crippen LogP contribution >= 0.6 is 0 Å². The van der Waals surface area contributed by atoms with Crippen molar-refractivity contribution in [2.75, 3.05) is 6.61 Å². The second kappa shape index (κ2) is 8.29. The molecule has 0 unspecified atom stereocenters. The minimum Gasteiger partial charge on any atom is -0.376 e. The second-order valence-corrected chi connectivity index (χ2v) is 7.87. The molecule has 32 heavy (non-hydrogen) atoms. The number of benzene rings is 2. The smallest absolute Gasteiger partial charge is 0.330 e. The largest absolute Gasteiger partial charge is 0.376 e. The summed E-state index contributed by atoms with van der Waals surface area (Å²) in [5, 5.41) is 9.13. The van der Waals surface area contributed by atoms with Gasteiger partial charge in [-0.3, -0.25) is 14.3 Å². The summed E-state index contributed by atoms with van der Waals surface area (Å²) in [6, 6.07) is 18.7. The highest BCUT2D eigenvalue weighted by Gasteiger charge is 2.24. The van der Waals surface area contributed by atoms with Crippen LogP contribution in [0.15, 0.2) is 64.2 Å². The predicted molar refractivity (Wildman–Crippen MR) is 119 cm³/mol. The molecule has 8 nitrogen and oxygen atoms in total. The van der Waals surface area contributed by atoms with E-state index in [9.17, 15) is 9.59 Å². The van der Waals surface area contributed by atoms with E-state index in [0.29, 0.717) is 35.7 Å². The van der Waals surface area contributed by atoms with Crippen molar-refractivity contribution in [1.82, 2.24) is 19.1 Å². The lowest BCUT2D eigenvalue weighted by Crippen LogP contribution is -2.32. The third kappa shape index (κ3) is 3.63. The van der Waals surface area contributed by atoms with Gasteiger partial charge in [-0.15, -0.1) is 0 Å². The molecule has 1 fully saturated rings. The maximum atomic E-state index is 12.9. The van der Waals surface area contributed by atoms with E-state index in [1.165, 1.54) is 4.57 Å². The number of fused-ring (bicyclic) bond motifs is 1. The summed E-state index contributed by atoms with van der Waals surface area (Å²) in [7, 11) is 0. The molecule has 1 atom stereocenters. The molecule has 0 bridgehead atoms. The Hall–Kier alpha value is -3.96. The number of rotatable bonds is 5. The Morgan fingerprint density at radius 3 is 2.56 bits per heavy atom. The van der Waals surface area contributed by atoms with Gasteiger partial charge >= 0.3 is 5.69 Å². The summed E-state index contributed by atoms with van der Waals surface area (Å²) in [6.45, 7) is 1.44. The van der Waals surface area contributed by atoms with E-state index in [1.54, 1.807) is 24.3 Å². The van der Waals surface area contributed by atoms with Crippen LogP contribution in [-0.2, 0) is 17.8 Å². The van der Waals surface area contributed by atoms with Crippen LogP contribution in [0.3, 0.4) is 0 Å². The molecule has 160 valence electrons. The van der Waals surface area contributed by atoms with Crippen molar-refractivity contribution < 1.29 is 4.74 Å².